The van der Waals surface area contributed by atoms with Crippen LogP contribution >= 0.6 is 11.8 Å². The largest absolute Gasteiger partial charge is 0.325 e. The number of aromatic nitrogens is 3. The van der Waals surface area contributed by atoms with Crippen LogP contribution in [-0.4, -0.2) is 32.3 Å². The monoisotopic (exact) mass is 443 g/mol. The minimum atomic E-state index is -0.215. The number of benzene rings is 3. The molecule has 7 nitrogen and oxygen atoms in total. The predicted molar refractivity (Wildman–Crippen MR) is 127 cm³/mol. The van der Waals surface area contributed by atoms with Gasteiger partial charge in [-0.3, -0.25) is 9.59 Å². The van der Waals surface area contributed by atoms with Gasteiger partial charge in [-0.15, -0.1) is 10.2 Å². The van der Waals surface area contributed by atoms with E-state index in [1.807, 2.05) is 61.6 Å². The van der Waals surface area contributed by atoms with Gasteiger partial charge >= 0.3 is 0 Å². The van der Waals surface area contributed by atoms with Gasteiger partial charge in [0.15, 0.2) is 5.16 Å². The third kappa shape index (κ3) is 5.41. The molecule has 1 aromatic heterocycles. The summed E-state index contributed by atoms with van der Waals surface area (Å²) < 4.78 is 1.75. The lowest BCUT2D eigenvalue weighted by Crippen LogP contribution is -2.15. The highest BCUT2D eigenvalue weighted by Crippen LogP contribution is 2.21. The summed E-state index contributed by atoms with van der Waals surface area (Å²) >= 11 is 1.30. The lowest BCUT2D eigenvalue weighted by atomic mass is 10.1. The molecule has 2 N–H and O–H groups in total. The zero-order valence-electron chi connectivity index (χ0n) is 17.4. The molecule has 0 aliphatic carbocycles. The maximum atomic E-state index is 12.6. The first-order chi connectivity index (χ1) is 15.6. The van der Waals surface area contributed by atoms with Crippen LogP contribution in [0.4, 0.5) is 11.4 Å². The maximum Gasteiger partial charge on any atom is 0.255 e. The molecule has 4 rings (SSSR count). The van der Waals surface area contributed by atoms with E-state index in [4.69, 9.17) is 0 Å². The normalized spacial score (nSPS) is 10.5. The standard InChI is InChI=1S/C24H21N5O2S/c1-29-16-25-28-24(29)32-15-22(30)26-20-13-9-19(10-14-20)23(31)27-21-11-7-18(8-12-21)17-5-3-2-4-6-17/h2-14,16H,15H2,1H3,(H,26,30)(H,27,31). The predicted octanol–water partition coefficient (Wildman–Crippen LogP) is 4.47. The average Bonchev–Trinajstić information content (AvgIpc) is 3.24. The van der Waals surface area contributed by atoms with E-state index in [0.717, 1.165) is 11.1 Å². The molecule has 4 aromatic rings. The van der Waals surface area contributed by atoms with E-state index >= 15 is 0 Å². The van der Waals surface area contributed by atoms with Gasteiger partial charge in [0.05, 0.1) is 5.75 Å². The van der Waals surface area contributed by atoms with E-state index in [1.165, 1.54) is 11.8 Å². The van der Waals surface area contributed by atoms with Crippen LogP contribution in [-0.2, 0) is 11.8 Å². The quantitative estimate of drug-likeness (QED) is 0.412. The van der Waals surface area contributed by atoms with Crippen LogP contribution in [0.15, 0.2) is 90.3 Å². The molecule has 0 saturated heterocycles. The lowest BCUT2D eigenvalue weighted by Gasteiger charge is -2.08. The van der Waals surface area contributed by atoms with E-state index in [2.05, 4.69) is 20.8 Å². The van der Waals surface area contributed by atoms with Gasteiger partial charge in [-0.05, 0) is 47.5 Å². The Morgan fingerprint density at radius 1 is 0.844 bits per heavy atom. The minimum Gasteiger partial charge on any atom is -0.325 e. The van der Waals surface area contributed by atoms with Crippen molar-refractivity contribution in [3.63, 3.8) is 0 Å². The van der Waals surface area contributed by atoms with Gasteiger partial charge in [0.25, 0.3) is 5.91 Å². The van der Waals surface area contributed by atoms with Crippen LogP contribution in [0.25, 0.3) is 11.1 Å². The number of thioether (sulfide) groups is 1. The van der Waals surface area contributed by atoms with Crippen LogP contribution in [0, 0.1) is 0 Å². The molecule has 2 amide bonds. The first kappa shape index (κ1) is 21.3. The Morgan fingerprint density at radius 2 is 1.47 bits per heavy atom. The number of aryl methyl sites for hydroxylation is 1. The first-order valence-electron chi connectivity index (χ1n) is 9.92. The Bertz CT molecular complexity index is 1210. The summed E-state index contributed by atoms with van der Waals surface area (Å²) in [6.45, 7) is 0. The van der Waals surface area contributed by atoms with Gasteiger partial charge in [-0.2, -0.15) is 0 Å². The SMILES string of the molecule is Cn1cnnc1SCC(=O)Nc1ccc(C(=O)Nc2ccc(-c3ccccc3)cc2)cc1. The Kier molecular flexibility index (Phi) is 6.62. The number of hydrogen-bond acceptors (Lipinski definition) is 5. The molecule has 0 radical (unpaired) electrons. The van der Waals surface area contributed by atoms with Crippen molar-refractivity contribution in [1.82, 2.24) is 14.8 Å². The van der Waals surface area contributed by atoms with Crippen molar-refractivity contribution < 1.29 is 9.59 Å². The molecule has 8 heteroatoms. The highest BCUT2D eigenvalue weighted by Gasteiger charge is 2.09. The summed E-state index contributed by atoms with van der Waals surface area (Å²) in [6, 6.07) is 24.5. The fourth-order valence-electron chi connectivity index (χ4n) is 3.02. The van der Waals surface area contributed by atoms with Crippen LogP contribution < -0.4 is 10.6 Å². The van der Waals surface area contributed by atoms with Crippen molar-refractivity contribution in [2.75, 3.05) is 16.4 Å². The molecule has 1 heterocycles. The molecule has 3 aromatic carbocycles. The summed E-state index contributed by atoms with van der Waals surface area (Å²) in [6.07, 6.45) is 1.58. The second kappa shape index (κ2) is 9.93. The third-order valence-corrected chi connectivity index (χ3v) is 5.72. The van der Waals surface area contributed by atoms with Crippen molar-refractivity contribution in [2.45, 2.75) is 5.16 Å². The molecule has 0 unspecified atom stereocenters. The summed E-state index contributed by atoms with van der Waals surface area (Å²) in [7, 11) is 1.82. The zero-order valence-corrected chi connectivity index (χ0v) is 18.2. The number of carbonyl (C=O) groups excluding carboxylic acids is 2. The number of carbonyl (C=O) groups is 2. The van der Waals surface area contributed by atoms with Crippen LogP contribution in [0.3, 0.4) is 0 Å². The number of rotatable bonds is 7. The van der Waals surface area contributed by atoms with Crippen molar-refractivity contribution >= 4 is 35.0 Å². The Morgan fingerprint density at radius 3 is 2.12 bits per heavy atom. The summed E-state index contributed by atoms with van der Waals surface area (Å²) in [5, 5.41) is 14.1. The van der Waals surface area contributed by atoms with Gasteiger partial charge < -0.3 is 15.2 Å². The number of hydrogen-bond donors (Lipinski definition) is 2. The van der Waals surface area contributed by atoms with Crippen LogP contribution in [0.1, 0.15) is 10.4 Å². The molecule has 0 bridgehead atoms. The minimum absolute atomic E-state index is 0.159. The topological polar surface area (TPSA) is 88.9 Å². The van der Waals surface area contributed by atoms with Crippen molar-refractivity contribution in [3.8, 4) is 11.1 Å². The van der Waals surface area contributed by atoms with E-state index in [9.17, 15) is 9.59 Å². The Balaban J connectivity index is 1.31. The molecule has 0 saturated carbocycles. The molecule has 0 atom stereocenters. The maximum absolute atomic E-state index is 12.6. The highest BCUT2D eigenvalue weighted by molar-refractivity contribution is 7.99. The second-order valence-electron chi connectivity index (χ2n) is 7.04. The third-order valence-electron chi connectivity index (χ3n) is 4.68. The Labute approximate surface area is 189 Å². The van der Waals surface area contributed by atoms with Crippen LogP contribution in [0.5, 0.6) is 0 Å². The number of nitrogens with one attached hydrogen (secondary N) is 2. The fourth-order valence-corrected chi connectivity index (χ4v) is 3.70. The van der Waals surface area contributed by atoms with Gasteiger partial charge in [0.2, 0.25) is 5.91 Å². The fraction of sp³-hybridized carbons (Fsp3) is 0.0833. The zero-order chi connectivity index (χ0) is 22.3. The van der Waals surface area contributed by atoms with Crippen molar-refractivity contribution in [2.24, 2.45) is 7.05 Å². The summed E-state index contributed by atoms with van der Waals surface area (Å²) in [4.78, 5) is 24.7. The van der Waals surface area contributed by atoms with Gasteiger partial charge in [-0.1, -0.05) is 54.2 Å². The average molecular weight is 444 g/mol. The number of amides is 2. The van der Waals surface area contributed by atoms with Gasteiger partial charge in [-0.25, -0.2) is 0 Å². The summed E-state index contributed by atoms with van der Waals surface area (Å²) in [5.41, 5.74) is 4.05. The lowest BCUT2D eigenvalue weighted by molar-refractivity contribution is -0.113. The molecule has 32 heavy (non-hydrogen) atoms. The molecule has 0 fully saturated rings. The summed E-state index contributed by atoms with van der Waals surface area (Å²) in [5.74, 6) is -0.157. The second-order valence-corrected chi connectivity index (χ2v) is 7.98. The van der Waals surface area contributed by atoms with Gasteiger partial charge in [0, 0.05) is 24.0 Å². The van der Waals surface area contributed by atoms with E-state index in [1.54, 1.807) is 35.2 Å². The molecule has 160 valence electrons. The highest BCUT2D eigenvalue weighted by atomic mass is 32.2. The number of anilines is 2. The number of nitrogens with zero attached hydrogens (tertiary/aromatic N) is 3. The van der Waals surface area contributed by atoms with Crippen molar-refractivity contribution in [3.05, 3.63) is 90.8 Å². The smallest absolute Gasteiger partial charge is 0.255 e. The molecular formula is C24H21N5O2S. The molecule has 0 aliphatic heterocycles. The molecular weight excluding hydrogens is 422 g/mol. The van der Waals surface area contributed by atoms with Crippen LogP contribution in [0.2, 0.25) is 0 Å². The molecule has 0 aliphatic rings. The van der Waals surface area contributed by atoms with E-state index in [-0.39, 0.29) is 17.6 Å². The molecule has 0 spiro atoms. The van der Waals surface area contributed by atoms with E-state index < -0.39 is 0 Å². The van der Waals surface area contributed by atoms with E-state index in [0.29, 0.717) is 22.1 Å². The Hall–Kier alpha value is -3.91. The first-order valence-corrected chi connectivity index (χ1v) is 10.9. The van der Waals surface area contributed by atoms with Crippen molar-refractivity contribution in [1.29, 1.82) is 0 Å². The van der Waals surface area contributed by atoms with Gasteiger partial charge in [0.1, 0.15) is 6.33 Å².